The van der Waals surface area contributed by atoms with Crippen molar-refractivity contribution >= 4 is 5.97 Å². The number of nitrogens with zero attached hydrogens (tertiary/aromatic N) is 1. The minimum absolute atomic E-state index is 0.326. The molecule has 0 N–H and O–H groups in total. The maximum absolute atomic E-state index is 11.9. The van der Waals surface area contributed by atoms with Gasteiger partial charge in [0.2, 0.25) is 0 Å². The Morgan fingerprint density at radius 1 is 1.14 bits per heavy atom. The van der Waals surface area contributed by atoms with Crippen LogP contribution < -0.4 is 4.74 Å². The lowest BCUT2D eigenvalue weighted by Gasteiger charge is -2.11. The van der Waals surface area contributed by atoms with E-state index in [1.165, 1.54) is 0 Å². The number of pyridine rings is 1. The molecule has 0 bridgehead atoms. The molecule has 1 heterocycles. The molecule has 4 nitrogen and oxygen atoms in total. The van der Waals surface area contributed by atoms with Crippen molar-refractivity contribution in [1.82, 2.24) is 4.98 Å². The zero-order valence-electron chi connectivity index (χ0n) is 12.6. The first-order valence-corrected chi connectivity index (χ1v) is 7.01. The predicted octanol–water partition coefficient (Wildman–Crippen LogP) is 3.50. The van der Waals surface area contributed by atoms with Crippen molar-refractivity contribution in [2.45, 2.75) is 20.3 Å². The van der Waals surface area contributed by atoms with Gasteiger partial charge in [-0.15, -0.1) is 0 Å². The first-order valence-electron chi connectivity index (χ1n) is 7.01. The molecule has 0 unspecified atom stereocenters. The molecule has 1 aromatic heterocycles. The van der Waals surface area contributed by atoms with E-state index in [2.05, 4.69) is 4.98 Å². The highest BCUT2D eigenvalue weighted by atomic mass is 16.5. The van der Waals surface area contributed by atoms with Crippen LogP contribution in [0.5, 0.6) is 5.75 Å². The molecule has 2 aromatic rings. The summed E-state index contributed by atoms with van der Waals surface area (Å²) < 4.78 is 10.4. The summed E-state index contributed by atoms with van der Waals surface area (Å²) in [5.41, 5.74) is 2.96. The van der Waals surface area contributed by atoms with Crippen LogP contribution in [0, 0.1) is 0 Å². The summed E-state index contributed by atoms with van der Waals surface area (Å²) >= 11 is 0. The maximum Gasteiger partial charge on any atom is 0.339 e. The number of para-hydroxylation sites is 1. The second-order valence-corrected chi connectivity index (χ2v) is 4.47. The van der Waals surface area contributed by atoms with Gasteiger partial charge in [0.05, 0.1) is 30.7 Å². The number of hydrogen-bond donors (Lipinski definition) is 0. The molecule has 0 aliphatic rings. The normalized spacial score (nSPS) is 10.2. The van der Waals surface area contributed by atoms with E-state index in [9.17, 15) is 4.79 Å². The maximum atomic E-state index is 11.9. The van der Waals surface area contributed by atoms with Crippen molar-refractivity contribution in [2.24, 2.45) is 0 Å². The molecule has 0 atom stereocenters. The average Bonchev–Trinajstić information content (AvgIpc) is 2.54. The number of ether oxygens (including phenoxy) is 2. The lowest BCUT2D eigenvalue weighted by molar-refractivity contribution is 0.0524. The highest BCUT2D eigenvalue weighted by Gasteiger charge is 2.15. The molecule has 110 valence electrons. The smallest absolute Gasteiger partial charge is 0.339 e. The van der Waals surface area contributed by atoms with Crippen LogP contribution in [0.4, 0.5) is 0 Å². The number of carbonyl (C=O) groups is 1. The first-order chi connectivity index (χ1) is 10.2. The van der Waals surface area contributed by atoms with Crippen molar-refractivity contribution < 1.29 is 14.3 Å². The molecule has 4 heteroatoms. The minimum atomic E-state index is -0.326. The molecular formula is C17H19NO3. The summed E-state index contributed by atoms with van der Waals surface area (Å²) in [6.07, 6.45) is 0.664. The van der Waals surface area contributed by atoms with Gasteiger partial charge in [0.15, 0.2) is 0 Å². The quantitative estimate of drug-likeness (QED) is 0.789. The van der Waals surface area contributed by atoms with Crippen LogP contribution in [0.3, 0.4) is 0 Å². The van der Waals surface area contributed by atoms with E-state index in [0.717, 1.165) is 22.7 Å². The van der Waals surface area contributed by atoms with Crippen LogP contribution in [-0.2, 0) is 11.2 Å². The van der Waals surface area contributed by atoms with Crippen LogP contribution in [0.25, 0.3) is 11.3 Å². The van der Waals surface area contributed by atoms with Gasteiger partial charge in [-0.1, -0.05) is 19.1 Å². The summed E-state index contributed by atoms with van der Waals surface area (Å²) in [5, 5.41) is 0. The Bertz CT molecular complexity index is 638. The predicted molar refractivity (Wildman–Crippen MR) is 81.6 cm³/mol. The van der Waals surface area contributed by atoms with Crippen molar-refractivity contribution in [2.75, 3.05) is 13.7 Å². The van der Waals surface area contributed by atoms with Gasteiger partial charge in [-0.25, -0.2) is 4.79 Å². The summed E-state index contributed by atoms with van der Waals surface area (Å²) in [6, 6.07) is 11.3. The largest absolute Gasteiger partial charge is 0.496 e. The Labute approximate surface area is 124 Å². The number of carbonyl (C=O) groups excluding carboxylic acids is 1. The minimum Gasteiger partial charge on any atom is -0.496 e. The number of benzene rings is 1. The summed E-state index contributed by atoms with van der Waals surface area (Å²) in [7, 11) is 1.63. The lowest BCUT2D eigenvalue weighted by Crippen LogP contribution is -2.09. The number of rotatable bonds is 5. The average molecular weight is 285 g/mol. The van der Waals surface area contributed by atoms with E-state index in [0.29, 0.717) is 18.6 Å². The van der Waals surface area contributed by atoms with Crippen molar-refractivity contribution in [3.05, 3.63) is 47.7 Å². The van der Waals surface area contributed by atoms with E-state index in [1.807, 2.05) is 37.3 Å². The highest BCUT2D eigenvalue weighted by molar-refractivity contribution is 5.91. The van der Waals surface area contributed by atoms with E-state index in [-0.39, 0.29) is 5.97 Å². The number of aromatic nitrogens is 1. The number of aryl methyl sites for hydroxylation is 1. The standard InChI is InChI=1S/C17H19NO3/c1-4-14-13(17(19)21-5-2)10-11-15(18-14)12-8-6-7-9-16(12)20-3/h6-11H,4-5H2,1-3H3. The third-order valence-electron chi connectivity index (χ3n) is 3.19. The third kappa shape index (κ3) is 3.21. The van der Waals surface area contributed by atoms with Gasteiger partial charge in [0, 0.05) is 5.56 Å². The third-order valence-corrected chi connectivity index (χ3v) is 3.19. The molecule has 1 aromatic carbocycles. The molecule has 0 radical (unpaired) electrons. The lowest BCUT2D eigenvalue weighted by atomic mass is 10.1. The molecule has 0 saturated heterocycles. The molecule has 0 spiro atoms. The van der Waals surface area contributed by atoms with Crippen LogP contribution in [-0.4, -0.2) is 24.7 Å². The summed E-state index contributed by atoms with van der Waals surface area (Å²) in [5.74, 6) is 0.435. The second kappa shape index (κ2) is 6.88. The number of hydrogen-bond acceptors (Lipinski definition) is 4. The molecule has 21 heavy (non-hydrogen) atoms. The monoisotopic (exact) mass is 285 g/mol. The number of esters is 1. The Hall–Kier alpha value is -2.36. The molecule has 0 aliphatic heterocycles. The Balaban J connectivity index is 2.46. The van der Waals surface area contributed by atoms with Crippen molar-refractivity contribution in [3.8, 4) is 17.0 Å². The van der Waals surface area contributed by atoms with E-state index >= 15 is 0 Å². The second-order valence-electron chi connectivity index (χ2n) is 4.47. The van der Waals surface area contributed by atoms with Crippen LogP contribution in [0.1, 0.15) is 29.9 Å². The fraction of sp³-hybridized carbons (Fsp3) is 0.294. The van der Waals surface area contributed by atoms with Gasteiger partial charge < -0.3 is 9.47 Å². The molecule has 0 amide bonds. The van der Waals surface area contributed by atoms with Crippen LogP contribution >= 0.6 is 0 Å². The fourth-order valence-electron chi connectivity index (χ4n) is 2.17. The van der Waals surface area contributed by atoms with Gasteiger partial charge in [0.25, 0.3) is 0 Å². The summed E-state index contributed by atoms with van der Waals surface area (Å²) in [4.78, 5) is 16.5. The Kier molecular flexibility index (Phi) is 4.93. The topological polar surface area (TPSA) is 48.4 Å². The van der Waals surface area contributed by atoms with Crippen LogP contribution in [0.2, 0.25) is 0 Å². The van der Waals surface area contributed by atoms with Gasteiger partial charge in [0.1, 0.15) is 5.75 Å². The number of methoxy groups -OCH3 is 1. The van der Waals surface area contributed by atoms with E-state index < -0.39 is 0 Å². The molecule has 0 fully saturated rings. The van der Waals surface area contributed by atoms with Crippen molar-refractivity contribution in [1.29, 1.82) is 0 Å². The molecular weight excluding hydrogens is 266 g/mol. The fourth-order valence-corrected chi connectivity index (χ4v) is 2.17. The molecule has 0 saturated carbocycles. The molecule has 2 rings (SSSR count). The zero-order chi connectivity index (χ0) is 15.2. The van der Waals surface area contributed by atoms with Gasteiger partial charge in [-0.3, -0.25) is 4.98 Å². The SMILES string of the molecule is CCOC(=O)c1ccc(-c2ccccc2OC)nc1CC. The van der Waals surface area contributed by atoms with E-state index in [1.54, 1.807) is 20.1 Å². The van der Waals surface area contributed by atoms with Crippen LogP contribution in [0.15, 0.2) is 36.4 Å². The van der Waals surface area contributed by atoms with Crippen molar-refractivity contribution in [3.63, 3.8) is 0 Å². The highest BCUT2D eigenvalue weighted by Crippen LogP contribution is 2.29. The Morgan fingerprint density at radius 2 is 1.90 bits per heavy atom. The van der Waals surface area contributed by atoms with Gasteiger partial charge in [-0.2, -0.15) is 0 Å². The molecule has 0 aliphatic carbocycles. The van der Waals surface area contributed by atoms with Gasteiger partial charge >= 0.3 is 5.97 Å². The summed E-state index contributed by atoms with van der Waals surface area (Å²) in [6.45, 7) is 4.12. The zero-order valence-corrected chi connectivity index (χ0v) is 12.6. The van der Waals surface area contributed by atoms with E-state index in [4.69, 9.17) is 9.47 Å². The Morgan fingerprint density at radius 3 is 2.57 bits per heavy atom. The first kappa shape index (κ1) is 15.0. The van der Waals surface area contributed by atoms with Gasteiger partial charge in [-0.05, 0) is 37.6 Å².